The van der Waals surface area contributed by atoms with Crippen LogP contribution < -0.4 is 14.4 Å². The molecular weight excluding hydrogens is 630 g/mol. The Balaban J connectivity index is 1.75. The molecule has 224 valence electrons. The van der Waals surface area contributed by atoms with Crippen LogP contribution in [0.15, 0.2) is 119 Å². The van der Waals surface area contributed by atoms with Gasteiger partial charge in [-0.25, -0.2) is 8.42 Å². The smallest absolute Gasteiger partial charge is 0.264 e. The third-order valence-electron chi connectivity index (χ3n) is 6.83. The average Bonchev–Trinajstić information content (AvgIpc) is 3.03. The number of hydrogen-bond donors (Lipinski definition) is 1. The van der Waals surface area contributed by atoms with E-state index in [4.69, 9.17) is 4.74 Å². The van der Waals surface area contributed by atoms with Crippen LogP contribution in [0.4, 0.5) is 5.69 Å². The number of hydrogen-bond acceptors (Lipinski definition) is 5. The molecule has 0 aliphatic rings. The van der Waals surface area contributed by atoms with Gasteiger partial charge in [-0.2, -0.15) is 0 Å². The topological polar surface area (TPSA) is 96.0 Å². The van der Waals surface area contributed by atoms with Crippen LogP contribution in [0.1, 0.15) is 18.1 Å². The summed E-state index contributed by atoms with van der Waals surface area (Å²) in [5.41, 5.74) is 1.98. The van der Waals surface area contributed by atoms with E-state index in [1.165, 1.54) is 24.1 Å². The fourth-order valence-corrected chi connectivity index (χ4v) is 6.31. The molecule has 0 radical (unpaired) electrons. The molecule has 10 heteroatoms. The van der Waals surface area contributed by atoms with Crippen LogP contribution in [-0.2, 0) is 32.6 Å². The first kappa shape index (κ1) is 31.8. The molecule has 1 unspecified atom stereocenters. The van der Waals surface area contributed by atoms with Crippen molar-refractivity contribution < 1.29 is 22.7 Å². The van der Waals surface area contributed by atoms with Crippen LogP contribution in [0.25, 0.3) is 0 Å². The minimum absolute atomic E-state index is 0.0132. The first-order valence-electron chi connectivity index (χ1n) is 13.8. The van der Waals surface area contributed by atoms with E-state index >= 15 is 0 Å². The largest absolute Gasteiger partial charge is 0.494 e. The number of likely N-dealkylation sites (N-methyl/N-ethyl adjacent to an activating group) is 1. The molecule has 0 heterocycles. The second-order valence-corrected chi connectivity index (χ2v) is 12.5. The molecule has 0 fully saturated rings. The zero-order valence-electron chi connectivity index (χ0n) is 24.0. The van der Waals surface area contributed by atoms with Gasteiger partial charge in [0.1, 0.15) is 18.3 Å². The molecule has 1 atom stereocenters. The van der Waals surface area contributed by atoms with Gasteiger partial charge in [-0.05, 0) is 66.6 Å². The predicted octanol–water partition coefficient (Wildman–Crippen LogP) is 5.43. The molecule has 0 saturated carbocycles. The number of carbonyl (C=O) groups excluding carboxylic acids is 2. The average molecular weight is 665 g/mol. The molecule has 4 rings (SSSR count). The molecule has 0 saturated heterocycles. The number of ether oxygens (including phenoxy) is 1. The van der Waals surface area contributed by atoms with Crippen LogP contribution in [0.3, 0.4) is 0 Å². The minimum atomic E-state index is -4.18. The minimum Gasteiger partial charge on any atom is -0.494 e. The highest BCUT2D eigenvalue weighted by Crippen LogP contribution is 2.26. The van der Waals surface area contributed by atoms with E-state index in [0.29, 0.717) is 18.0 Å². The van der Waals surface area contributed by atoms with Gasteiger partial charge in [0.25, 0.3) is 10.0 Å². The number of halogens is 1. The zero-order valence-corrected chi connectivity index (χ0v) is 26.4. The number of rotatable bonds is 13. The Morgan fingerprint density at radius 3 is 2.02 bits per heavy atom. The summed E-state index contributed by atoms with van der Waals surface area (Å²) in [6, 6.07) is 30.5. The fourth-order valence-electron chi connectivity index (χ4n) is 4.63. The maximum Gasteiger partial charge on any atom is 0.264 e. The van der Waals surface area contributed by atoms with Gasteiger partial charge in [0.15, 0.2) is 0 Å². The number of nitrogens with zero attached hydrogens (tertiary/aromatic N) is 2. The van der Waals surface area contributed by atoms with Crippen molar-refractivity contribution in [2.24, 2.45) is 0 Å². The van der Waals surface area contributed by atoms with Crippen molar-refractivity contribution in [2.45, 2.75) is 30.8 Å². The zero-order chi connectivity index (χ0) is 30.8. The number of nitrogens with one attached hydrogen (secondary N) is 1. The molecule has 1 N–H and O–H groups in total. The first-order chi connectivity index (χ1) is 20.7. The van der Waals surface area contributed by atoms with Crippen LogP contribution in [0, 0.1) is 0 Å². The maximum atomic E-state index is 14.3. The van der Waals surface area contributed by atoms with Crippen molar-refractivity contribution in [3.05, 3.63) is 125 Å². The van der Waals surface area contributed by atoms with Crippen molar-refractivity contribution >= 4 is 43.5 Å². The Morgan fingerprint density at radius 1 is 0.837 bits per heavy atom. The standard InChI is InChI=1S/C33H34BrN3O5S/c1-3-42-29-18-20-30(21-19-29)43(40,41)37(28-12-8-5-9-13-28)24-32(38)36(23-26-14-16-27(34)17-15-26)31(33(39)35-2)22-25-10-6-4-7-11-25/h4-21,31H,3,22-24H2,1-2H3,(H,35,39). The summed E-state index contributed by atoms with van der Waals surface area (Å²) in [5.74, 6) is -0.334. The lowest BCUT2D eigenvalue weighted by Gasteiger charge is -2.33. The molecule has 0 aliphatic carbocycles. The molecule has 2 amide bonds. The molecule has 43 heavy (non-hydrogen) atoms. The van der Waals surface area contributed by atoms with Gasteiger partial charge in [0.2, 0.25) is 11.8 Å². The van der Waals surface area contributed by atoms with E-state index in [-0.39, 0.29) is 23.8 Å². The summed E-state index contributed by atoms with van der Waals surface area (Å²) in [6.45, 7) is 1.87. The first-order valence-corrected chi connectivity index (χ1v) is 16.1. The number of para-hydroxylation sites is 1. The van der Waals surface area contributed by atoms with Crippen LogP contribution in [-0.4, -0.2) is 51.4 Å². The number of anilines is 1. The Morgan fingerprint density at radius 2 is 1.44 bits per heavy atom. The third kappa shape index (κ3) is 8.24. The normalized spacial score (nSPS) is 11.8. The van der Waals surface area contributed by atoms with E-state index in [0.717, 1.165) is 19.9 Å². The number of carbonyl (C=O) groups is 2. The van der Waals surface area contributed by atoms with Gasteiger partial charge in [0.05, 0.1) is 17.2 Å². The lowest BCUT2D eigenvalue weighted by Crippen LogP contribution is -2.53. The van der Waals surface area contributed by atoms with Crippen molar-refractivity contribution in [2.75, 3.05) is 24.5 Å². The molecule has 8 nitrogen and oxygen atoms in total. The lowest BCUT2D eigenvalue weighted by atomic mass is 10.0. The Bertz CT molecular complexity index is 1600. The molecule has 4 aromatic rings. The SMILES string of the molecule is CCOc1ccc(S(=O)(=O)N(CC(=O)N(Cc2ccc(Br)cc2)C(Cc2ccccc2)C(=O)NC)c2ccccc2)cc1. The quantitative estimate of drug-likeness (QED) is 0.206. The van der Waals surface area contributed by atoms with E-state index < -0.39 is 28.5 Å². The third-order valence-corrected chi connectivity index (χ3v) is 9.15. The highest BCUT2D eigenvalue weighted by Gasteiger charge is 2.34. The van der Waals surface area contributed by atoms with Crippen molar-refractivity contribution in [3.63, 3.8) is 0 Å². The van der Waals surface area contributed by atoms with Gasteiger partial charge < -0.3 is 15.0 Å². The van der Waals surface area contributed by atoms with Gasteiger partial charge >= 0.3 is 0 Å². The maximum absolute atomic E-state index is 14.3. The fraction of sp³-hybridized carbons (Fsp3) is 0.212. The highest BCUT2D eigenvalue weighted by atomic mass is 79.9. The van der Waals surface area contributed by atoms with E-state index in [1.54, 1.807) is 42.5 Å². The van der Waals surface area contributed by atoms with Crippen LogP contribution >= 0.6 is 15.9 Å². The molecule has 0 aromatic heterocycles. The lowest BCUT2D eigenvalue weighted by molar-refractivity contribution is -0.139. The Kier molecular flexibility index (Phi) is 11.0. The summed E-state index contributed by atoms with van der Waals surface area (Å²) < 4.78 is 35.5. The van der Waals surface area contributed by atoms with Crippen molar-refractivity contribution in [3.8, 4) is 5.75 Å². The summed E-state index contributed by atoms with van der Waals surface area (Å²) in [4.78, 5) is 29.1. The van der Waals surface area contributed by atoms with E-state index in [1.807, 2.05) is 61.5 Å². The molecule has 0 bridgehead atoms. The molecule has 0 aliphatic heterocycles. The van der Waals surface area contributed by atoms with Gasteiger partial charge in [0, 0.05) is 24.5 Å². The van der Waals surface area contributed by atoms with Gasteiger partial charge in [-0.3, -0.25) is 13.9 Å². The highest BCUT2D eigenvalue weighted by molar-refractivity contribution is 9.10. The predicted molar refractivity (Wildman–Crippen MR) is 171 cm³/mol. The summed E-state index contributed by atoms with van der Waals surface area (Å²) >= 11 is 3.44. The second-order valence-electron chi connectivity index (χ2n) is 9.72. The molecular formula is C33H34BrN3O5S. The van der Waals surface area contributed by atoms with Gasteiger partial charge in [-0.15, -0.1) is 0 Å². The van der Waals surface area contributed by atoms with E-state index in [2.05, 4.69) is 21.2 Å². The van der Waals surface area contributed by atoms with Gasteiger partial charge in [-0.1, -0.05) is 76.6 Å². The van der Waals surface area contributed by atoms with Crippen molar-refractivity contribution in [1.29, 1.82) is 0 Å². The summed E-state index contributed by atoms with van der Waals surface area (Å²) in [6.07, 6.45) is 0.250. The summed E-state index contributed by atoms with van der Waals surface area (Å²) in [7, 11) is -2.66. The van der Waals surface area contributed by atoms with Crippen molar-refractivity contribution in [1.82, 2.24) is 10.2 Å². The van der Waals surface area contributed by atoms with Crippen LogP contribution in [0.2, 0.25) is 0 Å². The molecule has 4 aromatic carbocycles. The Hall–Kier alpha value is -4.15. The second kappa shape index (κ2) is 14.8. The van der Waals surface area contributed by atoms with Crippen LogP contribution in [0.5, 0.6) is 5.75 Å². The summed E-state index contributed by atoms with van der Waals surface area (Å²) in [5, 5.41) is 2.69. The van der Waals surface area contributed by atoms with E-state index in [9.17, 15) is 18.0 Å². The number of sulfonamides is 1. The molecule has 0 spiro atoms. The number of benzene rings is 4. The monoisotopic (exact) mass is 663 g/mol. The Labute approximate surface area is 261 Å². The number of amides is 2.